The van der Waals surface area contributed by atoms with E-state index in [2.05, 4.69) is 20.9 Å². The van der Waals surface area contributed by atoms with Crippen molar-refractivity contribution in [2.45, 2.75) is 25.3 Å². The molecule has 1 aliphatic rings. The van der Waals surface area contributed by atoms with Crippen LogP contribution < -0.4 is 0 Å². The number of alkyl halides is 2. The molecule has 0 radical (unpaired) electrons. The van der Waals surface area contributed by atoms with Crippen LogP contribution in [0.3, 0.4) is 0 Å². The van der Waals surface area contributed by atoms with Crippen molar-refractivity contribution >= 4 is 21.8 Å². The van der Waals surface area contributed by atoms with E-state index in [1.54, 1.807) is 7.05 Å². The summed E-state index contributed by atoms with van der Waals surface area (Å²) in [5.74, 6) is -0.435. The third kappa shape index (κ3) is 2.62. The second-order valence-corrected chi connectivity index (χ2v) is 4.95. The van der Waals surface area contributed by atoms with Gasteiger partial charge in [-0.1, -0.05) is 0 Å². The van der Waals surface area contributed by atoms with Crippen LogP contribution in [0, 0.1) is 0 Å². The highest BCUT2D eigenvalue weighted by atomic mass is 79.9. The van der Waals surface area contributed by atoms with Crippen LogP contribution in [0.4, 0.5) is 8.78 Å². The molecule has 0 spiro atoms. The van der Waals surface area contributed by atoms with Crippen molar-refractivity contribution < 1.29 is 13.6 Å². The van der Waals surface area contributed by atoms with Gasteiger partial charge in [-0.05, 0) is 34.8 Å². The van der Waals surface area contributed by atoms with Gasteiger partial charge in [0.05, 0.1) is 5.56 Å². The molecule has 1 fully saturated rings. The second-order valence-electron chi connectivity index (χ2n) is 4.04. The number of aromatic nitrogens is 1. The highest BCUT2D eigenvalue weighted by molar-refractivity contribution is 9.10. The van der Waals surface area contributed by atoms with E-state index >= 15 is 0 Å². The fourth-order valence-electron chi connectivity index (χ4n) is 1.59. The van der Waals surface area contributed by atoms with E-state index in [1.165, 1.54) is 17.2 Å². The first-order valence-electron chi connectivity index (χ1n) is 5.21. The van der Waals surface area contributed by atoms with Gasteiger partial charge in [-0.15, -0.1) is 0 Å². The lowest BCUT2D eigenvalue weighted by atomic mass is 10.2. The Morgan fingerprint density at radius 3 is 2.76 bits per heavy atom. The molecule has 1 aliphatic carbocycles. The average molecular weight is 305 g/mol. The minimum absolute atomic E-state index is 0.155. The predicted molar refractivity (Wildman–Crippen MR) is 62.0 cm³/mol. The molecule has 1 amide bonds. The molecule has 3 nitrogen and oxygen atoms in total. The molecular formula is C11H11BrF2N2O. The Balaban J connectivity index is 2.33. The molecule has 0 atom stereocenters. The fourth-order valence-corrected chi connectivity index (χ4v) is 1.94. The van der Waals surface area contributed by atoms with Crippen LogP contribution in [0.25, 0.3) is 0 Å². The summed E-state index contributed by atoms with van der Waals surface area (Å²) in [5.41, 5.74) is -0.477. The number of amides is 1. The highest BCUT2D eigenvalue weighted by Gasteiger charge is 2.32. The molecular weight excluding hydrogens is 294 g/mol. The van der Waals surface area contributed by atoms with Crippen molar-refractivity contribution in [2.24, 2.45) is 0 Å². The minimum atomic E-state index is -2.70. The molecule has 0 aliphatic heterocycles. The summed E-state index contributed by atoms with van der Waals surface area (Å²) in [5, 5.41) is 0. The van der Waals surface area contributed by atoms with Gasteiger partial charge in [0, 0.05) is 23.8 Å². The van der Waals surface area contributed by atoms with Gasteiger partial charge >= 0.3 is 0 Å². The van der Waals surface area contributed by atoms with Crippen molar-refractivity contribution in [1.29, 1.82) is 0 Å². The monoisotopic (exact) mass is 304 g/mol. The summed E-state index contributed by atoms with van der Waals surface area (Å²) < 4.78 is 26.1. The minimum Gasteiger partial charge on any atom is -0.337 e. The lowest BCUT2D eigenvalue weighted by molar-refractivity contribution is 0.0766. The zero-order valence-electron chi connectivity index (χ0n) is 9.16. The summed E-state index contributed by atoms with van der Waals surface area (Å²) >= 11 is 3.07. The zero-order valence-corrected chi connectivity index (χ0v) is 10.7. The summed E-state index contributed by atoms with van der Waals surface area (Å²) in [6, 6.07) is 1.42. The molecule has 0 aromatic carbocycles. The second kappa shape index (κ2) is 4.68. The Kier molecular flexibility index (Phi) is 3.42. The van der Waals surface area contributed by atoms with Crippen molar-refractivity contribution in [2.75, 3.05) is 7.05 Å². The lowest BCUT2D eigenvalue weighted by Gasteiger charge is -2.17. The van der Waals surface area contributed by atoms with Crippen LogP contribution >= 0.6 is 15.9 Å². The van der Waals surface area contributed by atoms with E-state index in [0.717, 1.165) is 12.8 Å². The van der Waals surface area contributed by atoms with E-state index in [0.29, 0.717) is 4.47 Å². The summed E-state index contributed by atoms with van der Waals surface area (Å²) in [4.78, 5) is 17.3. The van der Waals surface area contributed by atoms with Gasteiger partial charge in [-0.3, -0.25) is 4.79 Å². The van der Waals surface area contributed by atoms with Gasteiger partial charge in [-0.2, -0.15) is 0 Å². The molecule has 1 heterocycles. The molecule has 92 valence electrons. The molecule has 2 rings (SSSR count). The number of pyridine rings is 1. The van der Waals surface area contributed by atoms with Crippen molar-refractivity contribution in [3.63, 3.8) is 0 Å². The van der Waals surface area contributed by atoms with Crippen LogP contribution in [-0.2, 0) is 0 Å². The van der Waals surface area contributed by atoms with Gasteiger partial charge in [0.15, 0.2) is 0 Å². The number of hydrogen-bond donors (Lipinski definition) is 0. The number of hydrogen-bond acceptors (Lipinski definition) is 2. The van der Waals surface area contributed by atoms with Gasteiger partial charge < -0.3 is 4.90 Å². The van der Waals surface area contributed by atoms with Gasteiger partial charge in [0.2, 0.25) is 0 Å². The van der Waals surface area contributed by atoms with Gasteiger partial charge in [0.25, 0.3) is 12.3 Å². The topological polar surface area (TPSA) is 33.2 Å². The first-order chi connectivity index (χ1) is 8.00. The first kappa shape index (κ1) is 12.4. The first-order valence-corrected chi connectivity index (χ1v) is 6.00. The third-order valence-electron chi connectivity index (χ3n) is 2.74. The number of nitrogens with zero attached hydrogens (tertiary/aromatic N) is 2. The van der Waals surface area contributed by atoms with E-state index in [9.17, 15) is 13.6 Å². The third-order valence-corrected chi connectivity index (χ3v) is 3.17. The largest absolute Gasteiger partial charge is 0.337 e. The number of carbonyl (C=O) groups excluding carboxylic acids is 1. The van der Waals surface area contributed by atoms with Crippen molar-refractivity contribution in [1.82, 2.24) is 9.88 Å². The van der Waals surface area contributed by atoms with E-state index in [-0.39, 0.29) is 17.3 Å². The Morgan fingerprint density at radius 1 is 1.59 bits per heavy atom. The molecule has 1 aromatic rings. The summed E-state index contributed by atoms with van der Waals surface area (Å²) in [7, 11) is 1.62. The SMILES string of the molecule is CN(C(=O)c1ncc(Br)cc1C(F)F)C1CC1. The predicted octanol–water partition coefficient (Wildman–Crippen LogP) is 3.02. The maximum atomic E-state index is 12.8. The molecule has 1 saturated carbocycles. The number of carbonyl (C=O) groups is 1. The van der Waals surface area contributed by atoms with Crippen molar-refractivity contribution in [3.05, 3.63) is 28.0 Å². The zero-order chi connectivity index (χ0) is 12.6. The number of rotatable bonds is 3. The molecule has 0 bridgehead atoms. The van der Waals surface area contributed by atoms with Crippen LogP contribution in [0.1, 0.15) is 35.3 Å². The van der Waals surface area contributed by atoms with Crippen molar-refractivity contribution in [3.8, 4) is 0 Å². The van der Waals surface area contributed by atoms with Crippen LogP contribution in [-0.4, -0.2) is 28.9 Å². The highest BCUT2D eigenvalue weighted by Crippen LogP contribution is 2.29. The summed E-state index contributed by atoms with van der Waals surface area (Å²) in [6.07, 6.45) is 0.525. The van der Waals surface area contributed by atoms with E-state index < -0.39 is 12.3 Å². The maximum Gasteiger partial charge on any atom is 0.272 e. The van der Waals surface area contributed by atoms with Crippen LogP contribution in [0.5, 0.6) is 0 Å². The Labute approximate surface area is 106 Å². The Morgan fingerprint density at radius 2 is 2.24 bits per heavy atom. The van der Waals surface area contributed by atoms with E-state index in [1.807, 2.05) is 0 Å². The summed E-state index contributed by atoms with van der Waals surface area (Å²) in [6.45, 7) is 0. The Hall–Kier alpha value is -1.04. The lowest BCUT2D eigenvalue weighted by Crippen LogP contribution is -2.30. The van der Waals surface area contributed by atoms with Gasteiger partial charge in [0.1, 0.15) is 5.69 Å². The van der Waals surface area contributed by atoms with Crippen LogP contribution in [0.15, 0.2) is 16.7 Å². The maximum absolute atomic E-state index is 12.8. The molecule has 1 aromatic heterocycles. The average Bonchev–Trinajstić information content (AvgIpc) is 3.10. The molecule has 0 saturated heterocycles. The molecule has 6 heteroatoms. The molecule has 0 N–H and O–H groups in total. The number of halogens is 3. The van der Waals surface area contributed by atoms with Crippen LogP contribution in [0.2, 0.25) is 0 Å². The fraction of sp³-hybridized carbons (Fsp3) is 0.455. The normalized spacial score (nSPS) is 15.1. The Bertz CT molecular complexity index is 449. The standard InChI is InChI=1S/C11H11BrF2N2O/c1-16(7-2-3-7)11(17)9-8(10(13)14)4-6(12)5-15-9/h4-5,7,10H,2-3H2,1H3. The van der Waals surface area contributed by atoms with Gasteiger partial charge in [-0.25, -0.2) is 13.8 Å². The smallest absolute Gasteiger partial charge is 0.272 e. The quantitative estimate of drug-likeness (QED) is 0.860. The molecule has 17 heavy (non-hydrogen) atoms. The van der Waals surface area contributed by atoms with E-state index in [4.69, 9.17) is 0 Å². The molecule has 0 unspecified atom stereocenters.